The third kappa shape index (κ3) is 4.53. The summed E-state index contributed by atoms with van der Waals surface area (Å²) in [5.74, 6) is -0.337. The van der Waals surface area contributed by atoms with Gasteiger partial charge in [0.05, 0.1) is 4.48 Å². The van der Waals surface area contributed by atoms with E-state index in [-0.39, 0.29) is 16.2 Å². The average molecular weight is 356 g/mol. The molecule has 2 aromatic carbocycles. The maximum atomic E-state index is 11.9. The number of amides is 1. The maximum Gasteiger partial charge on any atom is 0.262 e. The Hall–Kier alpha value is -2.46. The first-order valence-electron chi connectivity index (χ1n) is 6.59. The van der Waals surface area contributed by atoms with Crippen molar-refractivity contribution in [1.82, 2.24) is 0 Å². The second-order valence-electron chi connectivity index (χ2n) is 4.54. The highest BCUT2D eigenvalue weighted by Gasteiger charge is 2.03. The summed E-state index contributed by atoms with van der Waals surface area (Å²) < 4.78 is 0.268. The number of carbonyl (C=O) groups excluding carboxylic acids is 2. The minimum Gasteiger partial charge on any atom is -0.322 e. The molecule has 0 spiro atoms. The summed E-state index contributed by atoms with van der Waals surface area (Å²) in [5, 5.41) is 2.68. The fourth-order valence-corrected chi connectivity index (χ4v) is 1.85. The number of nitrogens with one attached hydrogen (secondary N) is 1. The van der Waals surface area contributed by atoms with Gasteiger partial charge in [-0.25, -0.2) is 0 Å². The molecule has 0 atom stereocenters. The molecule has 1 amide bonds. The van der Waals surface area contributed by atoms with E-state index in [1.54, 1.807) is 30.3 Å². The van der Waals surface area contributed by atoms with Crippen molar-refractivity contribution in [2.45, 2.75) is 0 Å². The Morgan fingerprint density at radius 1 is 1.00 bits per heavy atom. The number of carbonyl (C=O) groups is 2. The van der Waals surface area contributed by atoms with Crippen LogP contribution in [0, 0.1) is 0 Å². The topological polar surface area (TPSA) is 46.2 Å². The van der Waals surface area contributed by atoms with Crippen LogP contribution in [0.2, 0.25) is 0 Å². The third-order valence-electron chi connectivity index (χ3n) is 2.90. The van der Waals surface area contributed by atoms with Gasteiger partial charge in [0.25, 0.3) is 5.91 Å². The molecule has 0 aliphatic heterocycles. The van der Waals surface area contributed by atoms with Crippen molar-refractivity contribution < 1.29 is 9.59 Å². The molecule has 2 aromatic rings. The lowest BCUT2D eigenvalue weighted by atomic mass is 10.1. The molecular weight excluding hydrogens is 342 g/mol. The SMILES string of the molecule is C=C(Br)C(=O)Nc1ccc(/C=C/C(=O)c2ccccc2)cc1. The number of ketones is 1. The van der Waals surface area contributed by atoms with E-state index in [1.165, 1.54) is 6.08 Å². The molecule has 0 aliphatic carbocycles. The first-order valence-corrected chi connectivity index (χ1v) is 7.39. The molecule has 0 aromatic heterocycles. The Balaban J connectivity index is 2.02. The molecule has 4 heteroatoms. The van der Waals surface area contributed by atoms with E-state index in [0.717, 1.165) is 5.56 Å². The Morgan fingerprint density at radius 3 is 2.23 bits per heavy atom. The molecule has 1 N–H and O–H groups in total. The molecule has 3 nitrogen and oxygen atoms in total. The van der Waals surface area contributed by atoms with Crippen LogP contribution in [-0.2, 0) is 4.79 Å². The molecule has 2 rings (SSSR count). The molecule has 0 fully saturated rings. The van der Waals surface area contributed by atoms with Crippen LogP contribution >= 0.6 is 15.9 Å². The van der Waals surface area contributed by atoms with E-state index in [0.29, 0.717) is 11.3 Å². The number of halogens is 1. The van der Waals surface area contributed by atoms with Gasteiger partial charge in [0.2, 0.25) is 0 Å². The highest BCUT2D eigenvalue weighted by Crippen LogP contribution is 2.13. The summed E-state index contributed by atoms with van der Waals surface area (Å²) in [5.41, 5.74) is 2.19. The molecule has 0 heterocycles. The number of hydrogen-bond acceptors (Lipinski definition) is 2. The zero-order chi connectivity index (χ0) is 15.9. The van der Waals surface area contributed by atoms with E-state index in [2.05, 4.69) is 27.8 Å². The molecular formula is C18H14BrNO2. The zero-order valence-electron chi connectivity index (χ0n) is 11.8. The fourth-order valence-electron chi connectivity index (χ4n) is 1.75. The molecule has 22 heavy (non-hydrogen) atoms. The van der Waals surface area contributed by atoms with Gasteiger partial charge in [-0.2, -0.15) is 0 Å². The van der Waals surface area contributed by atoms with E-state index in [1.807, 2.05) is 30.3 Å². The van der Waals surface area contributed by atoms with Crippen LogP contribution < -0.4 is 5.32 Å². The molecule has 0 aliphatic rings. The Labute approximate surface area is 137 Å². The predicted molar refractivity (Wildman–Crippen MR) is 92.9 cm³/mol. The van der Waals surface area contributed by atoms with Gasteiger partial charge in [-0.05, 0) is 39.7 Å². The third-order valence-corrected chi connectivity index (χ3v) is 3.26. The summed E-state index contributed by atoms with van der Waals surface area (Å²) in [7, 11) is 0. The fraction of sp³-hybridized carbons (Fsp3) is 0. The quantitative estimate of drug-likeness (QED) is 0.636. The summed E-state index contributed by atoms with van der Waals surface area (Å²) in [6, 6.07) is 16.3. The number of rotatable bonds is 5. The van der Waals surface area contributed by atoms with Crippen molar-refractivity contribution in [2.75, 3.05) is 5.32 Å². The Kier molecular flexibility index (Phi) is 5.44. The first kappa shape index (κ1) is 15.9. The number of allylic oxidation sites excluding steroid dienone is 1. The molecule has 0 unspecified atom stereocenters. The second kappa shape index (κ2) is 7.52. The zero-order valence-corrected chi connectivity index (χ0v) is 13.3. The van der Waals surface area contributed by atoms with Crippen molar-refractivity contribution in [3.05, 3.63) is 82.9 Å². The van der Waals surface area contributed by atoms with Gasteiger partial charge in [0, 0.05) is 11.3 Å². The van der Waals surface area contributed by atoms with E-state index in [9.17, 15) is 9.59 Å². The largest absolute Gasteiger partial charge is 0.322 e. The van der Waals surface area contributed by atoms with Crippen LogP contribution in [-0.4, -0.2) is 11.7 Å². The van der Waals surface area contributed by atoms with E-state index >= 15 is 0 Å². The Morgan fingerprint density at radius 2 is 1.64 bits per heavy atom. The lowest BCUT2D eigenvalue weighted by molar-refractivity contribution is -0.112. The van der Waals surface area contributed by atoms with Crippen molar-refractivity contribution in [3.63, 3.8) is 0 Å². The van der Waals surface area contributed by atoms with Crippen LogP contribution in [0.15, 0.2) is 71.7 Å². The van der Waals surface area contributed by atoms with Crippen LogP contribution in [0.3, 0.4) is 0 Å². The molecule has 0 saturated heterocycles. The summed E-state index contributed by atoms with van der Waals surface area (Å²) in [6.45, 7) is 3.50. The van der Waals surface area contributed by atoms with Gasteiger partial charge in [-0.15, -0.1) is 0 Å². The van der Waals surface area contributed by atoms with Gasteiger partial charge in [0.1, 0.15) is 0 Å². The van der Waals surface area contributed by atoms with Crippen molar-refractivity contribution in [1.29, 1.82) is 0 Å². The predicted octanol–water partition coefficient (Wildman–Crippen LogP) is 4.43. The number of benzene rings is 2. The van der Waals surface area contributed by atoms with Crippen LogP contribution in [0.1, 0.15) is 15.9 Å². The maximum absolute atomic E-state index is 11.9. The van der Waals surface area contributed by atoms with Gasteiger partial charge < -0.3 is 5.32 Å². The van der Waals surface area contributed by atoms with E-state index < -0.39 is 0 Å². The Bertz CT molecular complexity index is 719. The highest BCUT2D eigenvalue weighted by atomic mass is 79.9. The van der Waals surface area contributed by atoms with Gasteiger partial charge in [-0.3, -0.25) is 9.59 Å². The van der Waals surface area contributed by atoms with Crippen molar-refractivity contribution >= 4 is 39.4 Å². The lowest BCUT2D eigenvalue weighted by Gasteiger charge is -2.03. The average Bonchev–Trinajstić information content (AvgIpc) is 2.54. The van der Waals surface area contributed by atoms with Gasteiger partial charge >= 0.3 is 0 Å². The summed E-state index contributed by atoms with van der Waals surface area (Å²) >= 11 is 3.02. The number of anilines is 1. The van der Waals surface area contributed by atoms with E-state index in [4.69, 9.17) is 0 Å². The highest BCUT2D eigenvalue weighted by molar-refractivity contribution is 9.12. The van der Waals surface area contributed by atoms with Crippen LogP contribution in [0.25, 0.3) is 6.08 Å². The van der Waals surface area contributed by atoms with Crippen LogP contribution in [0.5, 0.6) is 0 Å². The number of hydrogen-bond donors (Lipinski definition) is 1. The first-order chi connectivity index (χ1) is 10.6. The van der Waals surface area contributed by atoms with Crippen LogP contribution in [0.4, 0.5) is 5.69 Å². The smallest absolute Gasteiger partial charge is 0.262 e. The lowest BCUT2D eigenvalue weighted by Crippen LogP contribution is -2.10. The molecule has 0 radical (unpaired) electrons. The second-order valence-corrected chi connectivity index (χ2v) is 5.50. The molecule has 110 valence electrons. The summed E-state index contributed by atoms with van der Waals surface area (Å²) in [4.78, 5) is 23.4. The standard InChI is InChI=1S/C18H14BrNO2/c1-13(19)18(22)20-16-10-7-14(8-11-16)9-12-17(21)15-5-3-2-4-6-15/h2-12H,1H2,(H,20,22)/b12-9+. The molecule has 0 bridgehead atoms. The van der Waals surface area contributed by atoms with Crippen molar-refractivity contribution in [3.8, 4) is 0 Å². The minimum atomic E-state index is -0.289. The summed E-state index contributed by atoms with van der Waals surface area (Å²) in [6.07, 6.45) is 3.27. The normalized spacial score (nSPS) is 10.4. The molecule has 0 saturated carbocycles. The van der Waals surface area contributed by atoms with Gasteiger partial charge in [-0.1, -0.05) is 55.1 Å². The monoisotopic (exact) mass is 355 g/mol. The van der Waals surface area contributed by atoms with Crippen molar-refractivity contribution in [2.24, 2.45) is 0 Å². The van der Waals surface area contributed by atoms with Gasteiger partial charge in [0.15, 0.2) is 5.78 Å². The minimum absolute atomic E-state index is 0.0476.